The van der Waals surface area contributed by atoms with Gasteiger partial charge in [0.2, 0.25) is 0 Å². The quantitative estimate of drug-likeness (QED) is 0.396. The van der Waals surface area contributed by atoms with Gasteiger partial charge >= 0.3 is 0 Å². The first kappa shape index (κ1) is 18.6. The van der Waals surface area contributed by atoms with Crippen LogP contribution in [0.5, 0.6) is 0 Å². The standard InChI is InChI=1S/C15H33N5S/c1-16-15(17-7-4-5-14-21-3)18-8-11-20-10-6-9-19(2)12-13-20/h4-14H2,1-3H3,(H2,16,17,18). The van der Waals surface area contributed by atoms with Crippen molar-refractivity contribution < 1.29 is 0 Å². The SMILES string of the molecule is CN=C(NCCCCSC)NCCN1CCCN(C)CC1. The van der Waals surface area contributed by atoms with Gasteiger partial charge in [-0.25, -0.2) is 0 Å². The number of likely N-dealkylation sites (N-methyl/N-ethyl adjacent to an activating group) is 1. The van der Waals surface area contributed by atoms with Gasteiger partial charge in [0, 0.05) is 39.8 Å². The third-order valence-electron chi connectivity index (χ3n) is 3.82. The van der Waals surface area contributed by atoms with E-state index in [0.717, 1.165) is 25.6 Å². The molecule has 124 valence electrons. The van der Waals surface area contributed by atoms with Crippen molar-refractivity contribution in [3.05, 3.63) is 0 Å². The minimum Gasteiger partial charge on any atom is -0.356 e. The Morgan fingerprint density at radius 2 is 1.90 bits per heavy atom. The van der Waals surface area contributed by atoms with Crippen LogP contribution >= 0.6 is 11.8 Å². The van der Waals surface area contributed by atoms with Crippen LogP contribution in [0.1, 0.15) is 19.3 Å². The molecule has 0 atom stereocenters. The molecule has 5 nitrogen and oxygen atoms in total. The Kier molecular flexibility index (Phi) is 10.7. The fraction of sp³-hybridized carbons (Fsp3) is 0.933. The van der Waals surface area contributed by atoms with E-state index in [-0.39, 0.29) is 0 Å². The zero-order valence-electron chi connectivity index (χ0n) is 14.0. The second kappa shape index (κ2) is 12.1. The number of nitrogens with one attached hydrogen (secondary N) is 2. The molecule has 0 spiro atoms. The summed E-state index contributed by atoms with van der Waals surface area (Å²) in [6, 6.07) is 0. The molecule has 2 N–H and O–H groups in total. The smallest absolute Gasteiger partial charge is 0.191 e. The van der Waals surface area contributed by atoms with Crippen molar-refractivity contribution >= 4 is 17.7 Å². The van der Waals surface area contributed by atoms with Crippen molar-refractivity contribution in [3.8, 4) is 0 Å². The summed E-state index contributed by atoms with van der Waals surface area (Å²) < 4.78 is 0. The Hall–Kier alpha value is -0.460. The highest BCUT2D eigenvalue weighted by Gasteiger charge is 2.11. The molecule has 0 aliphatic carbocycles. The van der Waals surface area contributed by atoms with Crippen LogP contribution in [-0.2, 0) is 0 Å². The van der Waals surface area contributed by atoms with Crippen LogP contribution in [0.25, 0.3) is 0 Å². The van der Waals surface area contributed by atoms with Gasteiger partial charge in [0.25, 0.3) is 0 Å². The molecular weight excluding hydrogens is 282 g/mol. The first-order valence-electron chi connectivity index (χ1n) is 8.10. The van der Waals surface area contributed by atoms with Crippen LogP contribution in [0.2, 0.25) is 0 Å². The first-order valence-corrected chi connectivity index (χ1v) is 9.50. The topological polar surface area (TPSA) is 42.9 Å². The van der Waals surface area contributed by atoms with Crippen LogP contribution < -0.4 is 10.6 Å². The van der Waals surface area contributed by atoms with Crippen molar-refractivity contribution in [2.75, 3.05) is 71.9 Å². The van der Waals surface area contributed by atoms with E-state index >= 15 is 0 Å². The molecule has 0 radical (unpaired) electrons. The highest BCUT2D eigenvalue weighted by atomic mass is 32.2. The lowest BCUT2D eigenvalue weighted by atomic mass is 10.3. The van der Waals surface area contributed by atoms with Crippen LogP contribution in [0.15, 0.2) is 4.99 Å². The molecule has 1 aliphatic rings. The van der Waals surface area contributed by atoms with E-state index in [1.54, 1.807) is 0 Å². The number of rotatable bonds is 8. The molecule has 0 aromatic rings. The number of guanidine groups is 1. The van der Waals surface area contributed by atoms with Crippen LogP contribution in [0, 0.1) is 0 Å². The van der Waals surface area contributed by atoms with E-state index in [9.17, 15) is 0 Å². The Labute approximate surface area is 134 Å². The van der Waals surface area contributed by atoms with Gasteiger partial charge in [-0.05, 0) is 51.4 Å². The molecule has 0 amide bonds. The predicted octanol–water partition coefficient (Wildman–Crippen LogP) is 0.932. The summed E-state index contributed by atoms with van der Waals surface area (Å²) in [5.41, 5.74) is 0. The summed E-state index contributed by atoms with van der Waals surface area (Å²) >= 11 is 1.92. The van der Waals surface area contributed by atoms with Gasteiger partial charge in [-0.15, -0.1) is 0 Å². The van der Waals surface area contributed by atoms with Crippen molar-refractivity contribution in [1.82, 2.24) is 20.4 Å². The molecule has 1 saturated heterocycles. The van der Waals surface area contributed by atoms with E-state index in [1.807, 2.05) is 18.8 Å². The number of hydrogen-bond acceptors (Lipinski definition) is 4. The Morgan fingerprint density at radius 1 is 1.10 bits per heavy atom. The third-order valence-corrected chi connectivity index (χ3v) is 4.52. The number of aliphatic imine (C=N–C) groups is 1. The maximum absolute atomic E-state index is 4.28. The molecule has 0 aromatic carbocycles. The van der Waals surface area contributed by atoms with Crippen LogP contribution in [0.4, 0.5) is 0 Å². The average molecular weight is 316 g/mol. The summed E-state index contributed by atoms with van der Waals surface area (Å²) in [6.45, 7) is 7.88. The van der Waals surface area contributed by atoms with Gasteiger partial charge in [0.05, 0.1) is 0 Å². The Balaban J connectivity index is 2.08. The zero-order chi connectivity index (χ0) is 15.3. The van der Waals surface area contributed by atoms with Crippen molar-refractivity contribution in [2.45, 2.75) is 19.3 Å². The highest BCUT2D eigenvalue weighted by Crippen LogP contribution is 2.00. The molecular formula is C15H33N5S. The number of thioether (sulfide) groups is 1. The molecule has 0 unspecified atom stereocenters. The lowest BCUT2D eigenvalue weighted by Crippen LogP contribution is -2.42. The average Bonchev–Trinajstić information content (AvgIpc) is 2.70. The van der Waals surface area contributed by atoms with Gasteiger partial charge in [0.1, 0.15) is 0 Å². The van der Waals surface area contributed by atoms with E-state index in [1.165, 1.54) is 51.2 Å². The molecule has 0 saturated carbocycles. The molecule has 1 fully saturated rings. The summed E-state index contributed by atoms with van der Waals surface area (Å²) in [5.74, 6) is 2.18. The van der Waals surface area contributed by atoms with Gasteiger partial charge in [-0.2, -0.15) is 11.8 Å². The lowest BCUT2D eigenvalue weighted by Gasteiger charge is -2.21. The van der Waals surface area contributed by atoms with Crippen LogP contribution in [-0.4, -0.2) is 87.7 Å². The summed E-state index contributed by atoms with van der Waals surface area (Å²) in [7, 11) is 4.06. The van der Waals surface area contributed by atoms with E-state index in [2.05, 4.69) is 38.7 Å². The second-order valence-corrected chi connectivity index (χ2v) is 6.61. The van der Waals surface area contributed by atoms with E-state index in [4.69, 9.17) is 0 Å². The molecule has 0 aromatic heterocycles. The Bertz CT molecular complexity index is 285. The third kappa shape index (κ3) is 9.22. The fourth-order valence-corrected chi connectivity index (χ4v) is 2.95. The summed E-state index contributed by atoms with van der Waals surface area (Å²) in [4.78, 5) is 9.24. The number of unbranched alkanes of at least 4 members (excludes halogenated alkanes) is 1. The first-order chi connectivity index (χ1) is 10.3. The number of nitrogens with zero attached hydrogens (tertiary/aromatic N) is 3. The lowest BCUT2D eigenvalue weighted by molar-refractivity contribution is 0.280. The van der Waals surface area contributed by atoms with Gasteiger partial charge in [0.15, 0.2) is 5.96 Å². The second-order valence-electron chi connectivity index (χ2n) is 5.62. The van der Waals surface area contributed by atoms with Gasteiger partial charge in [-0.3, -0.25) is 4.99 Å². The van der Waals surface area contributed by atoms with E-state index < -0.39 is 0 Å². The largest absolute Gasteiger partial charge is 0.356 e. The molecule has 21 heavy (non-hydrogen) atoms. The van der Waals surface area contributed by atoms with E-state index in [0.29, 0.717) is 0 Å². The minimum absolute atomic E-state index is 0.936. The maximum Gasteiger partial charge on any atom is 0.191 e. The van der Waals surface area contributed by atoms with Crippen molar-refractivity contribution in [2.24, 2.45) is 4.99 Å². The van der Waals surface area contributed by atoms with Crippen molar-refractivity contribution in [1.29, 1.82) is 0 Å². The predicted molar refractivity (Wildman–Crippen MR) is 95.5 cm³/mol. The molecule has 1 heterocycles. The zero-order valence-corrected chi connectivity index (χ0v) is 14.8. The minimum atomic E-state index is 0.936. The van der Waals surface area contributed by atoms with Gasteiger partial charge in [-0.1, -0.05) is 0 Å². The molecule has 1 aliphatic heterocycles. The highest BCUT2D eigenvalue weighted by molar-refractivity contribution is 7.98. The van der Waals surface area contributed by atoms with Gasteiger partial charge < -0.3 is 20.4 Å². The molecule has 1 rings (SSSR count). The monoisotopic (exact) mass is 315 g/mol. The Morgan fingerprint density at radius 3 is 2.67 bits per heavy atom. The summed E-state index contributed by atoms with van der Waals surface area (Å²) in [6.07, 6.45) is 5.92. The number of hydrogen-bond donors (Lipinski definition) is 2. The maximum atomic E-state index is 4.28. The molecule has 0 bridgehead atoms. The summed E-state index contributed by atoms with van der Waals surface area (Å²) in [5, 5.41) is 6.81. The van der Waals surface area contributed by atoms with Crippen molar-refractivity contribution in [3.63, 3.8) is 0 Å². The van der Waals surface area contributed by atoms with Crippen LogP contribution in [0.3, 0.4) is 0 Å². The normalized spacial score (nSPS) is 18.5. The fourth-order valence-electron chi connectivity index (χ4n) is 2.45. The molecule has 6 heteroatoms.